The molecule has 0 N–H and O–H groups in total. The van der Waals surface area contributed by atoms with Crippen molar-refractivity contribution in [3.63, 3.8) is 0 Å². The highest BCUT2D eigenvalue weighted by Crippen LogP contribution is 2.09. The van der Waals surface area contributed by atoms with E-state index in [1.54, 1.807) is 0 Å². The van der Waals surface area contributed by atoms with Gasteiger partial charge in [0.1, 0.15) is 0 Å². The van der Waals surface area contributed by atoms with Crippen molar-refractivity contribution in [2.45, 2.75) is 11.0 Å². The SMILES string of the molecule is CN(C)Cc1cccc(CI)c1. The Morgan fingerprint density at radius 3 is 2.50 bits per heavy atom. The van der Waals surface area contributed by atoms with Crippen LogP contribution in [0.3, 0.4) is 0 Å². The van der Waals surface area contributed by atoms with Gasteiger partial charge in [0, 0.05) is 11.0 Å². The van der Waals surface area contributed by atoms with Gasteiger partial charge in [0.25, 0.3) is 0 Å². The molecule has 0 saturated heterocycles. The van der Waals surface area contributed by atoms with Crippen LogP contribution >= 0.6 is 22.6 Å². The van der Waals surface area contributed by atoms with Gasteiger partial charge in [-0.15, -0.1) is 0 Å². The second-order valence-corrected chi connectivity index (χ2v) is 3.95. The van der Waals surface area contributed by atoms with Crippen LogP contribution in [-0.4, -0.2) is 19.0 Å². The maximum atomic E-state index is 2.39. The molecule has 66 valence electrons. The van der Waals surface area contributed by atoms with Crippen LogP contribution < -0.4 is 0 Å². The molecule has 1 aromatic carbocycles. The molecule has 0 aliphatic carbocycles. The summed E-state index contributed by atoms with van der Waals surface area (Å²) in [6.07, 6.45) is 0. The number of hydrogen-bond donors (Lipinski definition) is 0. The maximum Gasteiger partial charge on any atom is 0.0247 e. The summed E-state index contributed by atoms with van der Waals surface area (Å²) in [5, 5.41) is 0. The first-order chi connectivity index (χ1) is 5.72. The van der Waals surface area contributed by atoms with Gasteiger partial charge in [-0.3, -0.25) is 0 Å². The summed E-state index contributed by atoms with van der Waals surface area (Å²) in [7, 11) is 4.19. The molecule has 0 atom stereocenters. The van der Waals surface area contributed by atoms with E-state index in [9.17, 15) is 0 Å². The fraction of sp³-hybridized carbons (Fsp3) is 0.400. The van der Waals surface area contributed by atoms with Crippen LogP contribution in [0, 0.1) is 0 Å². The Hall–Kier alpha value is -0.0900. The number of benzene rings is 1. The lowest BCUT2D eigenvalue weighted by Gasteiger charge is -2.09. The molecule has 0 amide bonds. The lowest BCUT2D eigenvalue weighted by Crippen LogP contribution is -2.10. The molecule has 12 heavy (non-hydrogen) atoms. The third-order valence-electron chi connectivity index (χ3n) is 1.64. The monoisotopic (exact) mass is 275 g/mol. The fourth-order valence-corrected chi connectivity index (χ4v) is 1.65. The normalized spacial score (nSPS) is 10.7. The zero-order valence-electron chi connectivity index (χ0n) is 7.55. The summed E-state index contributed by atoms with van der Waals surface area (Å²) in [6.45, 7) is 1.03. The van der Waals surface area contributed by atoms with E-state index < -0.39 is 0 Å². The summed E-state index contributed by atoms with van der Waals surface area (Å²) < 4.78 is 1.10. The van der Waals surface area contributed by atoms with Gasteiger partial charge >= 0.3 is 0 Å². The Bertz CT molecular complexity index is 245. The van der Waals surface area contributed by atoms with Crippen molar-refractivity contribution in [2.24, 2.45) is 0 Å². The van der Waals surface area contributed by atoms with Crippen molar-refractivity contribution < 1.29 is 0 Å². The van der Waals surface area contributed by atoms with Crippen LogP contribution in [0.1, 0.15) is 11.1 Å². The largest absolute Gasteiger partial charge is 0.305 e. The third kappa shape index (κ3) is 3.11. The molecule has 1 nitrogen and oxygen atoms in total. The first kappa shape index (κ1) is 9.99. The zero-order chi connectivity index (χ0) is 8.97. The van der Waals surface area contributed by atoms with Gasteiger partial charge in [0.05, 0.1) is 0 Å². The van der Waals surface area contributed by atoms with Crippen LogP contribution in [0.5, 0.6) is 0 Å². The molecule has 0 radical (unpaired) electrons. The van der Waals surface area contributed by atoms with Gasteiger partial charge in [-0.1, -0.05) is 46.9 Å². The summed E-state index contributed by atoms with van der Waals surface area (Å²) in [5.74, 6) is 0. The van der Waals surface area contributed by atoms with Crippen molar-refractivity contribution in [1.82, 2.24) is 4.90 Å². The molecule has 1 aromatic rings. The third-order valence-corrected chi connectivity index (χ3v) is 2.53. The molecule has 1 rings (SSSR count). The molecular weight excluding hydrogens is 261 g/mol. The van der Waals surface area contributed by atoms with Crippen molar-refractivity contribution in [3.05, 3.63) is 35.4 Å². The number of rotatable bonds is 3. The second-order valence-electron chi connectivity index (χ2n) is 3.19. The van der Waals surface area contributed by atoms with E-state index in [-0.39, 0.29) is 0 Å². The average Bonchev–Trinajstić information content (AvgIpc) is 2.03. The molecule has 0 spiro atoms. The maximum absolute atomic E-state index is 2.39. The van der Waals surface area contributed by atoms with Gasteiger partial charge in [0.2, 0.25) is 0 Å². The molecule has 2 heteroatoms. The number of hydrogen-bond acceptors (Lipinski definition) is 1. The quantitative estimate of drug-likeness (QED) is 0.605. The first-order valence-corrected chi connectivity index (χ1v) is 5.53. The molecule has 0 fully saturated rings. The summed E-state index contributed by atoms with van der Waals surface area (Å²) >= 11 is 2.39. The van der Waals surface area contributed by atoms with Crippen LogP contribution in [0.2, 0.25) is 0 Å². The highest BCUT2D eigenvalue weighted by atomic mass is 127. The minimum Gasteiger partial charge on any atom is -0.305 e. The Kier molecular flexibility index (Phi) is 4.01. The zero-order valence-corrected chi connectivity index (χ0v) is 9.71. The highest BCUT2D eigenvalue weighted by molar-refractivity contribution is 14.1. The molecule has 0 aromatic heterocycles. The van der Waals surface area contributed by atoms with E-state index in [0.29, 0.717) is 0 Å². The van der Waals surface area contributed by atoms with Crippen LogP contribution in [-0.2, 0) is 11.0 Å². The molecule has 0 bridgehead atoms. The predicted octanol–water partition coefficient (Wildman–Crippen LogP) is 2.68. The lowest BCUT2D eigenvalue weighted by molar-refractivity contribution is 0.402. The minimum atomic E-state index is 1.03. The highest BCUT2D eigenvalue weighted by Gasteiger charge is 1.95. The van der Waals surface area contributed by atoms with Gasteiger partial charge < -0.3 is 4.90 Å². The van der Waals surface area contributed by atoms with E-state index >= 15 is 0 Å². The smallest absolute Gasteiger partial charge is 0.0247 e. The number of halogens is 1. The van der Waals surface area contributed by atoms with Crippen LogP contribution in [0.25, 0.3) is 0 Å². The fourth-order valence-electron chi connectivity index (χ4n) is 1.18. The minimum absolute atomic E-state index is 1.03. The van der Waals surface area contributed by atoms with Crippen molar-refractivity contribution in [2.75, 3.05) is 14.1 Å². The molecule has 0 aliphatic heterocycles. The average molecular weight is 275 g/mol. The Balaban J connectivity index is 2.72. The Labute approximate surface area is 87.9 Å². The van der Waals surface area contributed by atoms with Gasteiger partial charge in [-0.25, -0.2) is 0 Å². The second kappa shape index (κ2) is 4.82. The number of nitrogens with zero attached hydrogens (tertiary/aromatic N) is 1. The van der Waals surface area contributed by atoms with E-state index in [1.165, 1.54) is 11.1 Å². The van der Waals surface area contributed by atoms with Gasteiger partial charge in [0.15, 0.2) is 0 Å². The van der Waals surface area contributed by atoms with E-state index in [4.69, 9.17) is 0 Å². The van der Waals surface area contributed by atoms with Crippen LogP contribution in [0.15, 0.2) is 24.3 Å². The Morgan fingerprint density at radius 1 is 1.25 bits per heavy atom. The van der Waals surface area contributed by atoms with Crippen LogP contribution in [0.4, 0.5) is 0 Å². The first-order valence-electron chi connectivity index (χ1n) is 4.01. The molecule has 0 unspecified atom stereocenters. The number of alkyl halides is 1. The van der Waals surface area contributed by atoms with Crippen molar-refractivity contribution >= 4 is 22.6 Å². The van der Waals surface area contributed by atoms with Crippen molar-refractivity contribution in [1.29, 1.82) is 0 Å². The molecular formula is C10H14IN. The molecule has 0 heterocycles. The van der Waals surface area contributed by atoms with Crippen molar-refractivity contribution in [3.8, 4) is 0 Å². The standard InChI is InChI=1S/C10H14IN/c1-12(2)8-10-5-3-4-9(6-10)7-11/h3-6H,7-8H2,1-2H3. The Morgan fingerprint density at radius 2 is 1.92 bits per heavy atom. The molecule has 0 aliphatic rings. The van der Waals surface area contributed by atoms with E-state index in [1.807, 2.05) is 0 Å². The summed E-state index contributed by atoms with van der Waals surface area (Å²) in [6, 6.07) is 8.75. The van der Waals surface area contributed by atoms with E-state index in [0.717, 1.165) is 11.0 Å². The summed E-state index contributed by atoms with van der Waals surface area (Å²) in [4.78, 5) is 2.19. The van der Waals surface area contributed by atoms with E-state index in [2.05, 4.69) is 65.9 Å². The lowest BCUT2D eigenvalue weighted by atomic mass is 10.1. The summed E-state index contributed by atoms with van der Waals surface area (Å²) in [5.41, 5.74) is 2.81. The van der Waals surface area contributed by atoms with Gasteiger partial charge in [-0.2, -0.15) is 0 Å². The van der Waals surface area contributed by atoms with Gasteiger partial charge in [-0.05, 0) is 25.2 Å². The topological polar surface area (TPSA) is 3.24 Å². The predicted molar refractivity (Wildman–Crippen MR) is 61.6 cm³/mol. The molecule has 0 saturated carbocycles.